The molecular formula is C16H25FN2. The van der Waals surface area contributed by atoms with Crippen molar-refractivity contribution in [2.45, 2.75) is 58.2 Å². The van der Waals surface area contributed by atoms with Gasteiger partial charge < -0.3 is 5.73 Å². The zero-order chi connectivity index (χ0) is 13.7. The summed E-state index contributed by atoms with van der Waals surface area (Å²) in [5.74, 6) is -0.157. The lowest BCUT2D eigenvalue weighted by molar-refractivity contribution is 0.185. The first-order valence-electron chi connectivity index (χ1n) is 7.46. The van der Waals surface area contributed by atoms with E-state index in [0.29, 0.717) is 12.6 Å². The SMILES string of the molecule is CCC1CCCCCN1Cc1cc(F)ccc1CN. The first-order chi connectivity index (χ1) is 9.24. The van der Waals surface area contributed by atoms with Gasteiger partial charge in [0, 0.05) is 19.1 Å². The van der Waals surface area contributed by atoms with E-state index in [2.05, 4.69) is 11.8 Å². The Kier molecular flexibility index (Phi) is 5.34. The smallest absolute Gasteiger partial charge is 0.123 e. The Morgan fingerprint density at radius 1 is 1.26 bits per heavy atom. The molecule has 106 valence electrons. The lowest BCUT2D eigenvalue weighted by Crippen LogP contribution is -2.34. The van der Waals surface area contributed by atoms with Gasteiger partial charge in [-0.25, -0.2) is 4.39 Å². The van der Waals surface area contributed by atoms with Crippen LogP contribution in [0.4, 0.5) is 4.39 Å². The summed E-state index contributed by atoms with van der Waals surface area (Å²) in [6, 6.07) is 5.62. The molecule has 1 saturated heterocycles. The van der Waals surface area contributed by atoms with Gasteiger partial charge >= 0.3 is 0 Å². The van der Waals surface area contributed by atoms with Gasteiger partial charge in [0.05, 0.1) is 0 Å². The molecule has 0 bridgehead atoms. The van der Waals surface area contributed by atoms with Crippen LogP contribution >= 0.6 is 0 Å². The first-order valence-corrected chi connectivity index (χ1v) is 7.46. The van der Waals surface area contributed by atoms with Gasteiger partial charge in [-0.15, -0.1) is 0 Å². The highest BCUT2D eigenvalue weighted by molar-refractivity contribution is 5.27. The number of likely N-dealkylation sites (tertiary alicyclic amines) is 1. The standard InChI is InChI=1S/C16H25FN2/c1-2-16-6-4-3-5-9-19(16)12-14-10-15(17)8-7-13(14)11-18/h7-8,10,16H,2-6,9,11-12,18H2,1H3. The van der Waals surface area contributed by atoms with Gasteiger partial charge in [-0.3, -0.25) is 4.90 Å². The van der Waals surface area contributed by atoms with Crippen molar-refractivity contribution in [2.75, 3.05) is 6.54 Å². The molecule has 0 radical (unpaired) electrons. The van der Waals surface area contributed by atoms with Crippen molar-refractivity contribution in [1.29, 1.82) is 0 Å². The summed E-state index contributed by atoms with van der Waals surface area (Å²) in [4.78, 5) is 2.51. The zero-order valence-corrected chi connectivity index (χ0v) is 11.9. The number of benzene rings is 1. The Balaban J connectivity index is 2.15. The monoisotopic (exact) mass is 264 g/mol. The normalized spacial score (nSPS) is 21.3. The fourth-order valence-electron chi connectivity index (χ4n) is 3.07. The first kappa shape index (κ1) is 14.5. The van der Waals surface area contributed by atoms with Crippen LogP contribution in [0.2, 0.25) is 0 Å². The third-order valence-corrected chi connectivity index (χ3v) is 4.23. The lowest BCUT2D eigenvalue weighted by Gasteiger charge is -2.29. The molecule has 3 heteroatoms. The molecule has 1 heterocycles. The minimum absolute atomic E-state index is 0.157. The van der Waals surface area contributed by atoms with E-state index in [1.165, 1.54) is 38.2 Å². The van der Waals surface area contributed by atoms with Crippen LogP contribution in [0.1, 0.15) is 50.2 Å². The number of hydrogen-bond acceptors (Lipinski definition) is 2. The fourth-order valence-corrected chi connectivity index (χ4v) is 3.07. The van der Waals surface area contributed by atoms with Crippen LogP contribution < -0.4 is 5.73 Å². The van der Waals surface area contributed by atoms with Crippen molar-refractivity contribution in [2.24, 2.45) is 5.73 Å². The number of nitrogens with two attached hydrogens (primary N) is 1. The van der Waals surface area contributed by atoms with Crippen molar-refractivity contribution in [3.8, 4) is 0 Å². The quantitative estimate of drug-likeness (QED) is 0.902. The maximum Gasteiger partial charge on any atom is 0.123 e. The summed E-state index contributed by atoms with van der Waals surface area (Å²) in [5.41, 5.74) is 7.89. The van der Waals surface area contributed by atoms with Crippen LogP contribution in [-0.4, -0.2) is 17.5 Å². The minimum Gasteiger partial charge on any atom is -0.326 e. The van der Waals surface area contributed by atoms with Gasteiger partial charge in [0.25, 0.3) is 0 Å². The molecule has 1 aliphatic rings. The third-order valence-electron chi connectivity index (χ3n) is 4.23. The molecule has 0 aliphatic carbocycles. The molecule has 1 aromatic rings. The predicted octanol–water partition coefficient (Wildman–Crippen LogP) is 3.44. The van der Waals surface area contributed by atoms with Crippen molar-refractivity contribution < 1.29 is 4.39 Å². The molecular weight excluding hydrogens is 239 g/mol. The van der Waals surface area contributed by atoms with Crippen molar-refractivity contribution in [3.05, 3.63) is 35.1 Å². The van der Waals surface area contributed by atoms with Crippen LogP contribution in [0, 0.1) is 5.82 Å². The lowest BCUT2D eigenvalue weighted by atomic mass is 10.0. The van der Waals surface area contributed by atoms with Crippen LogP contribution in [0.15, 0.2) is 18.2 Å². The minimum atomic E-state index is -0.157. The highest BCUT2D eigenvalue weighted by atomic mass is 19.1. The fraction of sp³-hybridized carbons (Fsp3) is 0.625. The molecule has 1 aromatic carbocycles. The van der Waals surface area contributed by atoms with Crippen molar-refractivity contribution in [1.82, 2.24) is 4.90 Å². The molecule has 2 nitrogen and oxygen atoms in total. The van der Waals surface area contributed by atoms with Gasteiger partial charge in [0.1, 0.15) is 5.82 Å². The van der Waals surface area contributed by atoms with Crippen molar-refractivity contribution >= 4 is 0 Å². The summed E-state index contributed by atoms with van der Waals surface area (Å²) in [5, 5.41) is 0. The summed E-state index contributed by atoms with van der Waals surface area (Å²) in [6.07, 6.45) is 6.34. The summed E-state index contributed by atoms with van der Waals surface area (Å²) < 4.78 is 13.4. The highest BCUT2D eigenvalue weighted by Gasteiger charge is 2.20. The number of halogens is 1. The largest absolute Gasteiger partial charge is 0.326 e. The highest BCUT2D eigenvalue weighted by Crippen LogP contribution is 2.23. The van der Waals surface area contributed by atoms with Crippen molar-refractivity contribution in [3.63, 3.8) is 0 Å². The van der Waals surface area contributed by atoms with Crippen LogP contribution in [0.25, 0.3) is 0 Å². The maximum absolute atomic E-state index is 13.4. The molecule has 1 aliphatic heterocycles. The molecule has 1 fully saturated rings. The summed E-state index contributed by atoms with van der Waals surface area (Å²) >= 11 is 0. The van der Waals surface area contributed by atoms with Gasteiger partial charge in [0.2, 0.25) is 0 Å². The Bertz CT molecular complexity index is 406. The molecule has 0 saturated carbocycles. The summed E-state index contributed by atoms with van der Waals surface area (Å²) in [7, 11) is 0. The molecule has 1 atom stereocenters. The Hall–Kier alpha value is -0.930. The molecule has 0 aromatic heterocycles. The number of nitrogens with zero attached hydrogens (tertiary/aromatic N) is 1. The van der Waals surface area contributed by atoms with E-state index in [-0.39, 0.29) is 5.82 Å². The molecule has 0 spiro atoms. The molecule has 1 unspecified atom stereocenters. The van der Waals surface area contributed by atoms with Gasteiger partial charge in [-0.05, 0) is 49.1 Å². The van der Waals surface area contributed by atoms with E-state index >= 15 is 0 Å². The average Bonchev–Trinajstić information content (AvgIpc) is 2.64. The Morgan fingerprint density at radius 2 is 2.11 bits per heavy atom. The molecule has 0 amide bonds. The second-order valence-corrected chi connectivity index (χ2v) is 5.50. The average molecular weight is 264 g/mol. The third kappa shape index (κ3) is 3.77. The van der Waals surface area contributed by atoms with Crippen LogP contribution in [0.3, 0.4) is 0 Å². The van der Waals surface area contributed by atoms with E-state index in [1.807, 2.05) is 6.07 Å². The zero-order valence-electron chi connectivity index (χ0n) is 11.9. The maximum atomic E-state index is 13.4. The number of hydrogen-bond donors (Lipinski definition) is 1. The van der Waals surface area contributed by atoms with Gasteiger partial charge in [-0.1, -0.05) is 25.8 Å². The van der Waals surface area contributed by atoms with E-state index < -0.39 is 0 Å². The Labute approximate surface area is 115 Å². The second-order valence-electron chi connectivity index (χ2n) is 5.50. The predicted molar refractivity (Wildman–Crippen MR) is 77.2 cm³/mol. The topological polar surface area (TPSA) is 29.3 Å². The van der Waals surface area contributed by atoms with E-state index in [0.717, 1.165) is 24.2 Å². The summed E-state index contributed by atoms with van der Waals surface area (Å²) in [6.45, 7) is 4.69. The second kappa shape index (κ2) is 7.01. The van der Waals surface area contributed by atoms with E-state index in [4.69, 9.17) is 5.73 Å². The molecule has 2 rings (SSSR count). The van der Waals surface area contributed by atoms with E-state index in [9.17, 15) is 4.39 Å². The van der Waals surface area contributed by atoms with Gasteiger partial charge in [-0.2, -0.15) is 0 Å². The van der Waals surface area contributed by atoms with Gasteiger partial charge in [0.15, 0.2) is 0 Å². The van der Waals surface area contributed by atoms with Crippen LogP contribution in [-0.2, 0) is 13.1 Å². The van der Waals surface area contributed by atoms with Crippen LogP contribution in [0.5, 0.6) is 0 Å². The molecule has 2 N–H and O–H groups in total. The molecule has 19 heavy (non-hydrogen) atoms. The number of rotatable bonds is 4. The van der Waals surface area contributed by atoms with E-state index in [1.54, 1.807) is 6.07 Å². The Morgan fingerprint density at radius 3 is 2.84 bits per heavy atom.